The van der Waals surface area contributed by atoms with Crippen LogP contribution in [0.5, 0.6) is 0 Å². The van der Waals surface area contributed by atoms with Gasteiger partial charge in [0, 0.05) is 19.5 Å². The Kier molecular flexibility index (Phi) is 7.57. The molecule has 1 rings (SSSR count). The molecule has 1 N–H and O–H groups in total. The fraction of sp³-hybridized carbons (Fsp3) is 0.875. The molecule has 21 heavy (non-hydrogen) atoms. The molecule has 1 atom stereocenters. The molecule has 1 aliphatic heterocycles. The van der Waals surface area contributed by atoms with E-state index in [4.69, 9.17) is 0 Å². The summed E-state index contributed by atoms with van der Waals surface area (Å²) in [7, 11) is 0. The molecular weight excluding hydrogens is 284 g/mol. The molecule has 0 aromatic carbocycles. The van der Waals surface area contributed by atoms with Gasteiger partial charge in [-0.25, -0.2) is 0 Å². The fourth-order valence-corrected chi connectivity index (χ4v) is 3.03. The van der Waals surface area contributed by atoms with Crippen molar-refractivity contribution in [1.29, 1.82) is 0 Å². The van der Waals surface area contributed by atoms with E-state index in [0.29, 0.717) is 13.0 Å². The first-order valence-electron chi connectivity index (χ1n) is 7.93. The van der Waals surface area contributed by atoms with Crippen molar-refractivity contribution >= 4 is 23.6 Å². The zero-order valence-corrected chi connectivity index (χ0v) is 14.7. The normalized spacial score (nSPS) is 20.4. The maximum absolute atomic E-state index is 12.6. The number of carbonyl (C=O) groups excluding carboxylic acids is 2. The highest BCUT2D eigenvalue weighted by molar-refractivity contribution is 7.98. The zero-order chi connectivity index (χ0) is 15.9. The number of nitrogens with zero attached hydrogens (tertiary/aromatic N) is 1. The smallest absolute Gasteiger partial charge is 0.245 e. The van der Waals surface area contributed by atoms with E-state index in [1.165, 1.54) is 18.6 Å². The first-order valence-corrected chi connectivity index (χ1v) is 9.32. The molecule has 1 unspecified atom stereocenters. The summed E-state index contributed by atoms with van der Waals surface area (Å²) in [5.41, 5.74) is -0.242. The number of hydrogen-bond acceptors (Lipinski definition) is 3. The Morgan fingerprint density at radius 3 is 2.48 bits per heavy atom. The molecule has 0 aliphatic carbocycles. The van der Waals surface area contributed by atoms with Gasteiger partial charge in [0.15, 0.2) is 0 Å². The van der Waals surface area contributed by atoms with E-state index < -0.39 is 6.04 Å². The van der Waals surface area contributed by atoms with Crippen molar-refractivity contribution in [1.82, 2.24) is 10.2 Å². The molecular formula is C16H30N2O2S. The SMILES string of the molecule is CSCCCCCCN1CCC(=O)NC(C(C)(C)C)C1=O. The Labute approximate surface area is 133 Å². The molecule has 1 saturated heterocycles. The first kappa shape index (κ1) is 18.3. The minimum absolute atomic E-state index is 0.00857. The molecule has 1 aliphatic rings. The lowest BCUT2D eigenvalue weighted by atomic mass is 9.86. The molecule has 0 spiro atoms. The van der Waals surface area contributed by atoms with E-state index >= 15 is 0 Å². The van der Waals surface area contributed by atoms with Crippen LogP contribution in [0.4, 0.5) is 0 Å². The Bertz CT molecular complexity index is 353. The van der Waals surface area contributed by atoms with Gasteiger partial charge in [0.1, 0.15) is 6.04 Å². The van der Waals surface area contributed by atoms with Crippen molar-refractivity contribution in [3.05, 3.63) is 0 Å². The van der Waals surface area contributed by atoms with Gasteiger partial charge in [-0.05, 0) is 30.3 Å². The predicted molar refractivity (Wildman–Crippen MR) is 89.4 cm³/mol. The molecule has 1 fully saturated rings. The van der Waals surface area contributed by atoms with Crippen molar-refractivity contribution in [3.8, 4) is 0 Å². The quantitative estimate of drug-likeness (QED) is 0.735. The molecule has 1 heterocycles. The van der Waals surface area contributed by atoms with Gasteiger partial charge in [0.2, 0.25) is 11.8 Å². The number of nitrogens with one attached hydrogen (secondary N) is 1. The third kappa shape index (κ3) is 6.29. The molecule has 4 nitrogen and oxygen atoms in total. The van der Waals surface area contributed by atoms with Crippen molar-refractivity contribution < 1.29 is 9.59 Å². The third-order valence-corrected chi connectivity index (χ3v) is 4.56. The van der Waals surface area contributed by atoms with Crippen LogP contribution in [0.1, 0.15) is 52.9 Å². The van der Waals surface area contributed by atoms with Gasteiger partial charge >= 0.3 is 0 Å². The lowest BCUT2D eigenvalue weighted by Crippen LogP contribution is -2.52. The van der Waals surface area contributed by atoms with Gasteiger partial charge in [-0.2, -0.15) is 11.8 Å². The second kappa shape index (κ2) is 8.66. The fourth-order valence-electron chi connectivity index (χ4n) is 2.54. The van der Waals surface area contributed by atoms with Crippen LogP contribution >= 0.6 is 11.8 Å². The minimum atomic E-state index is -0.399. The lowest BCUT2D eigenvalue weighted by Gasteiger charge is -2.32. The number of hydrogen-bond donors (Lipinski definition) is 1. The monoisotopic (exact) mass is 314 g/mol. The van der Waals surface area contributed by atoms with Crippen LogP contribution in [-0.2, 0) is 9.59 Å². The van der Waals surface area contributed by atoms with E-state index in [9.17, 15) is 9.59 Å². The predicted octanol–water partition coefficient (Wildman–Crippen LogP) is 2.67. The van der Waals surface area contributed by atoms with Crippen LogP contribution in [0.15, 0.2) is 0 Å². The molecule has 0 saturated carbocycles. The molecule has 0 radical (unpaired) electrons. The van der Waals surface area contributed by atoms with Gasteiger partial charge in [-0.3, -0.25) is 9.59 Å². The summed E-state index contributed by atoms with van der Waals surface area (Å²) in [4.78, 5) is 26.3. The molecule has 5 heteroatoms. The van der Waals surface area contributed by atoms with Crippen molar-refractivity contribution in [2.24, 2.45) is 5.41 Å². The van der Waals surface area contributed by atoms with E-state index in [1.807, 2.05) is 37.4 Å². The Morgan fingerprint density at radius 1 is 1.19 bits per heavy atom. The number of amides is 2. The maximum Gasteiger partial charge on any atom is 0.245 e. The molecule has 2 amide bonds. The van der Waals surface area contributed by atoms with Crippen LogP contribution < -0.4 is 5.32 Å². The standard InChI is InChI=1S/C16H30N2O2S/c1-16(2,3)14-15(20)18(11-9-13(19)17-14)10-7-5-6-8-12-21-4/h14H,5-12H2,1-4H3,(H,17,19). The van der Waals surface area contributed by atoms with Crippen molar-refractivity contribution in [2.45, 2.75) is 58.9 Å². The van der Waals surface area contributed by atoms with Crippen molar-refractivity contribution in [2.75, 3.05) is 25.1 Å². The number of carbonyl (C=O) groups is 2. The summed E-state index contributed by atoms with van der Waals surface area (Å²) < 4.78 is 0. The van der Waals surface area contributed by atoms with E-state index in [1.54, 1.807) is 0 Å². The third-order valence-electron chi connectivity index (χ3n) is 3.87. The summed E-state index contributed by atoms with van der Waals surface area (Å²) in [6, 6.07) is -0.399. The average Bonchev–Trinajstić information content (AvgIpc) is 2.54. The second-order valence-electron chi connectivity index (χ2n) is 6.85. The highest BCUT2D eigenvalue weighted by atomic mass is 32.2. The highest BCUT2D eigenvalue weighted by Gasteiger charge is 2.37. The summed E-state index contributed by atoms with van der Waals surface area (Å²) in [5, 5.41) is 2.88. The maximum atomic E-state index is 12.6. The largest absolute Gasteiger partial charge is 0.344 e. The summed E-state index contributed by atoms with van der Waals surface area (Å²) in [6.45, 7) is 7.34. The topological polar surface area (TPSA) is 49.4 Å². The van der Waals surface area contributed by atoms with Crippen molar-refractivity contribution in [3.63, 3.8) is 0 Å². The average molecular weight is 314 g/mol. The molecule has 0 aromatic heterocycles. The first-order chi connectivity index (χ1) is 9.86. The zero-order valence-electron chi connectivity index (χ0n) is 13.9. The van der Waals surface area contributed by atoms with Crippen LogP contribution in [0, 0.1) is 5.41 Å². The molecule has 122 valence electrons. The molecule has 0 aromatic rings. The lowest BCUT2D eigenvalue weighted by molar-refractivity contribution is -0.136. The van der Waals surface area contributed by atoms with Crippen LogP contribution in [0.2, 0.25) is 0 Å². The Balaban J connectivity index is 2.48. The van der Waals surface area contributed by atoms with Crippen LogP contribution in [-0.4, -0.2) is 47.9 Å². The van der Waals surface area contributed by atoms with Gasteiger partial charge in [-0.1, -0.05) is 33.6 Å². The highest BCUT2D eigenvalue weighted by Crippen LogP contribution is 2.23. The van der Waals surface area contributed by atoms with Gasteiger partial charge in [0.25, 0.3) is 0 Å². The van der Waals surface area contributed by atoms with E-state index in [0.717, 1.165) is 19.4 Å². The number of rotatable bonds is 7. The van der Waals surface area contributed by atoms with E-state index in [-0.39, 0.29) is 17.2 Å². The Morgan fingerprint density at radius 2 is 1.86 bits per heavy atom. The number of thioether (sulfide) groups is 1. The van der Waals surface area contributed by atoms with Gasteiger partial charge in [-0.15, -0.1) is 0 Å². The van der Waals surface area contributed by atoms with E-state index in [2.05, 4.69) is 11.6 Å². The van der Waals surface area contributed by atoms with Crippen LogP contribution in [0.25, 0.3) is 0 Å². The van der Waals surface area contributed by atoms with Crippen LogP contribution in [0.3, 0.4) is 0 Å². The summed E-state index contributed by atoms with van der Waals surface area (Å²) in [6.07, 6.45) is 7.22. The summed E-state index contributed by atoms with van der Waals surface area (Å²) >= 11 is 1.88. The molecule has 0 bridgehead atoms. The van der Waals surface area contributed by atoms with Gasteiger partial charge in [0.05, 0.1) is 0 Å². The Hall–Kier alpha value is -0.710. The van der Waals surface area contributed by atoms with Gasteiger partial charge < -0.3 is 10.2 Å². The second-order valence-corrected chi connectivity index (χ2v) is 7.83. The summed E-state index contributed by atoms with van der Waals surface area (Å²) in [5.74, 6) is 1.29. The number of unbranched alkanes of at least 4 members (excludes halogenated alkanes) is 3. The minimum Gasteiger partial charge on any atom is -0.344 e.